The predicted octanol–water partition coefficient (Wildman–Crippen LogP) is 5.87. The second-order valence-corrected chi connectivity index (χ2v) is 12.0. The Morgan fingerprint density at radius 3 is 1.92 bits per heavy atom. The van der Waals surface area contributed by atoms with Crippen molar-refractivity contribution in [1.29, 1.82) is 0 Å². The lowest BCUT2D eigenvalue weighted by molar-refractivity contribution is -0.147. The summed E-state index contributed by atoms with van der Waals surface area (Å²) in [7, 11) is 0. The topological polar surface area (TPSA) is 108 Å². The van der Waals surface area contributed by atoms with E-state index < -0.39 is 41.1 Å². The number of anilines is 1. The highest BCUT2D eigenvalue weighted by Crippen LogP contribution is 2.36. The van der Waals surface area contributed by atoms with E-state index in [0.717, 1.165) is 11.1 Å². The molecule has 0 spiro atoms. The van der Waals surface area contributed by atoms with Crippen LogP contribution in [0.25, 0.3) is 0 Å². The number of aromatic hydroxyl groups is 1. The van der Waals surface area contributed by atoms with E-state index in [1.807, 2.05) is 66.7 Å². The number of phenolic OH excluding ortho intramolecular Hbond substituents is 1. The maximum atomic E-state index is 14.2. The van der Waals surface area contributed by atoms with E-state index in [2.05, 4.69) is 10.6 Å². The van der Waals surface area contributed by atoms with E-state index in [1.165, 1.54) is 11.0 Å². The summed E-state index contributed by atoms with van der Waals surface area (Å²) in [4.78, 5) is 42.4. The normalized spacial score (nSPS) is 13.4. The highest BCUT2D eigenvalue weighted by molar-refractivity contribution is 6.00. The van der Waals surface area contributed by atoms with Crippen molar-refractivity contribution >= 4 is 23.6 Å². The molecule has 0 aliphatic carbocycles. The Balaban J connectivity index is 2.64. The number of aryl methyl sites for hydroxylation is 2. The zero-order chi connectivity index (χ0) is 29.0. The smallest absolute Gasteiger partial charge is 0.408 e. The third kappa shape index (κ3) is 7.73. The Labute approximate surface area is 226 Å². The largest absolute Gasteiger partial charge is 0.508 e. The van der Waals surface area contributed by atoms with E-state index in [-0.39, 0.29) is 17.2 Å². The third-order valence-electron chi connectivity index (χ3n) is 6.03. The van der Waals surface area contributed by atoms with E-state index in [4.69, 9.17) is 4.74 Å². The highest BCUT2D eigenvalue weighted by atomic mass is 16.6. The third-order valence-corrected chi connectivity index (χ3v) is 6.03. The fraction of sp³-hybridized carbons (Fsp3) is 0.500. The Morgan fingerprint density at radius 1 is 0.895 bits per heavy atom. The van der Waals surface area contributed by atoms with Crippen LogP contribution in [0.15, 0.2) is 42.5 Å². The van der Waals surface area contributed by atoms with Crippen molar-refractivity contribution in [1.82, 2.24) is 10.2 Å². The van der Waals surface area contributed by atoms with E-state index in [1.54, 1.807) is 39.0 Å². The van der Waals surface area contributed by atoms with E-state index in [9.17, 15) is 19.5 Å². The summed E-state index contributed by atoms with van der Waals surface area (Å²) in [5.74, 6) is -1.38. The summed E-state index contributed by atoms with van der Waals surface area (Å²) in [5, 5.41) is 16.5. The first kappa shape index (κ1) is 30.7. The number of hydrogen-bond donors (Lipinski definition) is 3. The number of alkyl carbamates (subject to hydrolysis) is 1. The van der Waals surface area contributed by atoms with Crippen LogP contribution >= 0.6 is 0 Å². The molecule has 8 heteroatoms. The second kappa shape index (κ2) is 11.9. The van der Waals surface area contributed by atoms with Crippen molar-refractivity contribution in [2.75, 3.05) is 5.32 Å². The van der Waals surface area contributed by atoms with Gasteiger partial charge >= 0.3 is 6.09 Å². The van der Waals surface area contributed by atoms with Gasteiger partial charge in [-0.05, 0) is 78.5 Å². The van der Waals surface area contributed by atoms with Crippen LogP contribution in [0.2, 0.25) is 0 Å². The Kier molecular flexibility index (Phi) is 9.59. The van der Waals surface area contributed by atoms with Crippen molar-refractivity contribution in [2.45, 2.75) is 92.5 Å². The van der Waals surface area contributed by atoms with Crippen molar-refractivity contribution in [3.05, 3.63) is 59.2 Å². The number of para-hydroxylation sites is 2. The molecule has 3 amide bonds. The van der Waals surface area contributed by atoms with Gasteiger partial charge < -0.3 is 25.4 Å². The van der Waals surface area contributed by atoms with Gasteiger partial charge in [0.2, 0.25) is 5.91 Å². The van der Waals surface area contributed by atoms with Crippen molar-refractivity contribution in [3.8, 4) is 5.75 Å². The standard InChI is InChI=1S/C30H43N3O5/c1-18(2)23(32-28(37)38-30(8,9)10)27(36)33(29(5,6)7)25(21-16-11-12-17-22(21)34)26(35)31-24-19(3)14-13-15-20(24)4/h11-18,23,25,34H,1-10H3,(H,31,35)(H,32,37). The van der Waals surface area contributed by atoms with Gasteiger partial charge in [-0.25, -0.2) is 4.79 Å². The maximum absolute atomic E-state index is 14.2. The average Bonchev–Trinajstić information content (AvgIpc) is 2.76. The molecule has 208 valence electrons. The summed E-state index contributed by atoms with van der Waals surface area (Å²) in [6, 6.07) is 9.99. The number of carbonyl (C=O) groups excluding carboxylic acids is 3. The fourth-order valence-corrected chi connectivity index (χ4v) is 4.26. The van der Waals surface area contributed by atoms with Gasteiger partial charge in [-0.1, -0.05) is 50.2 Å². The van der Waals surface area contributed by atoms with Gasteiger partial charge in [0, 0.05) is 16.8 Å². The predicted molar refractivity (Wildman–Crippen MR) is 150 cm³/mol. The fourth-order valence-electron chi connectivity index (χ4n) is 4.26. The molecule has 0 heterocycles. The van der Waals surface area contributed by atoms with Crippen LogP contribution in [0, 0.1) is 19.8 Å². The van der Waals surface area contributed by atoms with Gasteiger partial charge in [0.1, 0.15) is 23.4 Å². The molecule has 0 aromatic heterocycles. The zero-order valence-corrected chi connectivity index (χ0v) is 24.3. The highest BCUT2D eigenvalue weighted by Gasteiger charge is 2.43. The quantitative estimate of drug-likeness (QED) is 0.419. The Morgan fingerprint density at radius 2 is 1.45 bits per heavy atom. The molecule has 0 fully saturated rings. The molecular weight excluding hydrogens is 482 g/mol. The lowest BCUT2D eigenvalue weighted by Crippen LogP contribution is -2.59. The first-order valence-electron chi connectivity index (χ1n) is 12.9. The molecular formula is C30H43N3O5. The van der Waals surface area contributed by atoms with Gasteiger partial charge in [0.25, 0.3) is 5.91 Å². The average molecular weight is 526 g/mol. The number of ether oxygens (including phenoxy) is 1. The number of phenols is 1. The Bertz CT molecular complexity index is 1140. The molecule has 0 aliphatic heterocycles. The second-order valence-electron chi connectivity index (χ2n) is 12.0. The van der Waals surface area contributed by atoms with Gasteiger partial charge in [-0.2, -0.15) is 0 Å². The summed E-state index contributed by atoms with van der Waals surface area (Å²) < 4.78 is 5.41. The van der Waals surface area contributed by atoms with Crippen LogP contribution in [0.4, 0.5) is 10.5 Å². The summed E-state index contributed by atoms with van der Waals surface area (Å²) >= 11 is 0. The number of carbonyl (C=O) groups is 3. The molecule has 2 aromatic carbocycles. The summed E-state index contributed by atoms with van der Waals surface area (Å²) in [6.07, 6.45) is -0.725. The van der Waals surface area contributed by atoms with Crippen LogP contribution in [-0.2, 0) is 14.3 Å². The number of benzene rings is 2. The lowest BCUT2D eigenvalue weighted by Gasteiger charge is -2.43. The maximum Gasteiger partial charge on any atom is 0.408 e. The number of hydrogen-bond acceptors (Lipinski definition) is 5. The first-order valence-corrected chi connectivity index (χ1v) is 12.9. The number of nitrogens with zero attached hydrogens (tertiary/aromatic N) is 1. The molecule has 2 aromatic rings. The number of amides is 3. The molecule has 2 atom stereocenters. The Hall–Kier alpha value is -3.55. The monoisotopic (exact) mass is 525 g/mol. The van der Waals surface area contributed by atoms with Crippen LogP contribution in [0.5, 0.6) is 5.75 Å². The summed E-state index contributed by atoms with van der Waals surface area (Å²) in [6.45, 7) is 18.1. The molecule has 2 unspecified atom stereocenters. The van der Waals surface area contributed by atoms with E-state index in [0.29, 0.717) is 5.69 Å². The molecule has 38 heavy (non-hydrogen) atoms. The summed E-state index contributed by atoms with van der Waals surface area (Å²) in [5.41, 5.74) is 1.04. The molecule has 0 bridgehead atoms. The van der Waals surface area contributed by atoms with Crippen LogP contribution in [-0.4, -0.2) is 45.1 Å². The number of nitrogens with one attached hydrogen (secondary N) is 2. The molecule has 0 radical (unpaired) electrons. The number of rotatable bonds is 7. The molecule has 8 nitrogen and oxygen atoms in total. The minimum absolute atomic E-state index is 0.114. The molecule has 0 aliphatic rings. The first-order chi connectivity index (χ1) is 17.4. The van der Waals surface area contributed by atoms with Gasteiger partial charge in [-0.15, -0.1) is 0 Å². The van der Waals surface area contributed by atoms with Gasteiger partial charge in [0.05, 0.1) is 0 Å². The molecule has 2 rings (SSSR count). The molecule has 3 N–H and O–H groups in total. The van der Waals surface area contributed by atoms with Crippen molar-refractivity contribution in [2.24, 2.45) is 5.92 Å². The van der Waals surface area contributed by atoms with E-state index >= 15 is 0 Å². The minimum Gasteiger partial charge on any atom is -0.508 e. The SMILES string of the molecule is Cc1cccc(C)c1NC(=O)C(c1ccccc1O)N(C(=O)C(NC(=O)OC(C)(C)C)C(C)C)C(C)(C)C. The lowest BCUT2D eigenvalue weighted by atomic mass is 9.92. The molecule has 0 saturated carbocycles. The van der Waals surface area contributed by atoms with Crippen molar-refractivity contribution < 1.29 is 24.2 Å². The van der Waals surface area contributed by atoms with Gasteiger partial charge in [-0.3, -0.25) is 9.59 Å². The zero-order valence-electron chi connectivity index (χ0n) is 24.3. The molecule has 0 saturated heterocycles. The van der Waals surface area contributed by atoms with Crippen LogP contribution < -0.4 is 10.6 Å². The van der Waals surface area contributed by atoms with Crippen molar-refractivity contribution in [3.63, 3.8) is 0 Å². The minimum atomic E-state index is -1.19. The van der Waals surface area contributed by atoms with Gasteiger partial charge in [0.15, 0.2) is 0 Å². The van der Waals surface area contributed by atoms with Crippen LogP contribution in [0.1, 0.15) is 78.1 Å². The van der Waals surface area contributed by atoms with Crippen LogP contribution in [0.3, 0.4) is 0 Å².